The highest BCUT2D eigenvalue weighted by Gasteiger charge is 2.16. The van der Waals surface area contributed by atoms with Gasteiger partial charge in [0.15, 0.2) is 4.34 Å². The fraction of sp³-hybridized carbons (Fsp3) is 0.118. The van der Waals surface area contributed by atoms with E-state index in [0.717, 1.165) is 20.1 Å². The van der Waals surface area contributed by atoms with Gasteiger partial charge in [0.25, 0.3) is 5.91 Å². The van der Waals surface area contributed by atoms with Crippen LogP contribution >= 0.6 is 34.7 Å². The lowest BCUT2D eigenvalue weighted by molar-refractivity contribution is -0.120. The average molecular weight is 376 g/mol. The lowest BCUT2D eigenvalue weighted by Gasteiger charge is -2.06. The highest BCUT2D eigenvalue weighted by molar-refractivity contribution is 8.02. The van der Waals surface area contributed by atoms with Crippen molar-refractivity contribution in [2.24, 2.45) is 5.10 Å². The zero-order chi connectivity index (χ0) is 16.9. The molecule has 1 heterocycles. The van der Waals surface area contributed by atoms with Crippen molar-refractivity contribution in [3.8, 4) is 0 Å². The van der Waals surface area contributed by atoms with Crippen LogP contribution in [0.25, 0.3) is 10.2 Å². The Bertz CT molecular complexity index is 861. The quantitative estimate of drug-likeness (QED) is 0.403. The number of nitrogens with zero attached hydrogens (tertiary/aromatic N) is 2. The number of aromatic nitrogens is 1. The first-order valence-corrected chi connectivity index (χ1v) is 9.30. The number of para-hydroxylation sites is 1. The van der Waals surface area contributed by atoms with Crippen molar-refractivity contribution >= 4 is 57.0 Å². The van der Waals surface area contributed by atoms with Crippen LogP contribution in [0.15, 0.2) is 58.0 Å². The van der Waals surface area contributed by atoms with Crippen molar-refractivity contribution in [1.29, 1.82) is 0 Å². The van der Waals surface area contributed by atoms with E-state index >= 15 is 0 Å². The number of thiazole rings is 1. The van der Waals surface area contributed by atoms with E-state index in [1.165, 1.54) is 11.8 Å². The smallest absolute Gasteiger partial charge is 0.253 e. The number of benzene rings is 2. The monoisotopic (exact) mass is 375 g/mol. The minimum atomic E-state index is -0.290. The highest BCUT2D eigenvalue weighted by Crippen LogP contribution is 2.31. The highest BCUT2D eigenvalue weighted by atomic mass is 35.5. The van der Waals surface area contributed by atoms with Gasteiger partial charge in [-0.05, 0) is 36.8 Å². The summed E-state index contributed by atoms with van der Waals surface area (Å²) in [6, 6.07) is 15.2. The van der Waals surface area contributed by atoms with E-state index in [1.54, 1.807) is 29.7 Å². The van der Waals surface area contributed by atoms with Crippen LogP contribution in [0.5, 0.6) is 0 Å². The summed E-state index contributed by atoms with van der Waals surface area (Å²) in [7, 11) is 0. The van der Waals surface area contributed by atoms with Gasteiger partial charge in [-0.1, -0.05) is 47.6 Å². The standard InChI is InChI=1S/C17H14ClN3OS2/c1-11(23-17-20-14-7-2-3-8-15(14)24-17)16(22)21-19-10-12-5-4-6-13(18)9-12/h2-11H,1H3,(H,21,22)/b19-10+. The van der Waals surface area contributed by atoms with Gasteiger partial charge in [-0.25, -0.2) is 10.4 Å². The molecule has 122 valence electrons. The second-order valence-electron chi connectivity index (χ2n) is 5.00. The number of hydrogen-bond acceptors (Lipinski definition) is 5. The van der Waals surface area contributed by atoms with Crippen LogP contribution in [0.1, 0.15) is 12.5 Å². The molecular formula is C17H14ClN3OS2. The molecule has 3 aromatic rings. The summed E-state index contributed by atoms with van der Waals surface area (Å²) in [5.41, 5.74) is 4.33. The molecule has 0 radical (unpaired) electrons. The molecule has 3 rings (SSSR count). The molecule has 1 unspecified atom stereocenters. The van der Waals surface area contributed by atoms with E-state index in [0.29, 0.717) is 5.02 Å². The Hall–Kier alpha value is -1.89. The van der Waals surface area contributed by atoms with Crippen molar-refractivity contribution in [3.05, 3.63) is 59.1 Å². The van der Waals surface area contributed by atoms with E-state index in [9.17, 15) is 4.79 Å². The lowest BCUT2D eigenvalue weighted by atomic mass is 10.2. The van der Waals surface area contributed by atoms with E-state index in [2.05, 4.69) is 15.5 Å². The lowest BCUT2D eigenvalue weighted by Crippen LogP contribution is -2.26. The zero-order valence-electron chi connectivity index (χ0n) is 12.8. The molecule has 1 N–H and O–H groups in total. The van der Waals surface area contributed by atoms with E-state index in [-0.39, 0.29) is 11.2 Å². The molecule has 2 aromatic carbocycles. The van der Waals surface area contributed by atoms with Crippen LogP contribution < -0.4 is 5.43 Å². The molecule has 0 fully saturated rings. The first-order chi connectivity index (χ1) is 11.6. The van der Waals surface area contributed by atoms with Gasteiger partial charge >= 0.3 is 0 Å². The van der Waals surface area contributed by atoms with Crippen LogP contribution in [0, 0.1) is 0 Å². The molecule has 0 bridgehead atoms. The SMILES string of the molecule is CC(Sc1nc2ccccc2s1)C(=O)N/N=C/c1cccc(Cl)c1. The molecule has 1 atom stereocenters. The van der Waals surface area contributed by atoms with Gasteiger partial charge in [-0.2, -0.15) is 5.10 Å². The number of fused-ring (bicyclic) bond motifs is 1. The molecule has 0 saturated carbocycles. The molecule has 0 aliphatic rings. The van der Waals surface area contributed by atoms with Gasteiger partial charge in [0.2, 0.25) is 0 Å². The number of hydrazone groups is 1. The number of carbonyl (C=O) groups excluding carboxylic acids is 1. The van der Waals surface area contributed by atoms with Crippen molar-refractivity contribution in [2.45, 2.75) is 16.5 Å². The number of rotatable bonds is 5. The molecule has 0 aliphatic heterocycles. The first-order valence-electron chi connectivity index (χ1n) is 7.22. The molecule has 0 spiro atoms. The topological polar surface area (TPSA) is 54.4 Å². The molecule has 4 nitrogen and oxygen atoms in total. The summed E-state index contributed by atoms with van der Waals surface area (Å²) in [6.07, 6.45) is 1.57. The van der Waals surface area contributed by atoms with Crippen LogP contribution in [-0.2, 0) is 4.79 Å². The maximum absolute atomic E-state index is 12.1. The van der Waals surface area contributed by atoms with Crippen LogP contribution in [-0.4, -0.2) is 22.4 Å². The fourth-order valence-electron chi connectivity index (χ4n) is 1.95. The Morgan fingerprint density at radius 3 is 2.96 bits per heavy atom. The van der Waals surface area contributed by atoms with Crippen LogP contribution in [0.2, 0.25) is 5.02 Å². The van der Waals surface area contributed by atoms with Crippen molar-refractivity contribution < 1.29 is 4.79 Å². The fourth-order valence-corrected chi connectivity index (χ4v) is 4.36. The first kappa shape index (κ1) is 17.0. The number of hydrogen-bond donors (Lipinski definition) is 1. The second-order valence-corrected chi connectivity index (χ2v) is 8.05. The Balaban J connectivity index is 1.58. The molecule has 24 heavy (non-hydrogen) atoms. The molecule has 7 heteroatoms. The molecule has 0 saturated heterocycles. The maximum Gasteiger partial charge on any atom is 0.253 e. The Kier molecular flexibility index (Phi) is 5.50. The van der Waals surface area contributed by atoms with E-state index in [4.69, 9.17) is 11.6 Å². The minimum Gasteiger partial charge on any atom is -0.272 e. The predicted molar refractivity (Wildman–Crippen MR) is 102 cm³/mol. The van der Waals surface area contributed by atoms with Crippen LogP contribution in [0.4, 0.5) is 0 Å². The third-order valence-corrected chi connectivity index (χ3v) is 5.62. The Morgan fingerprint density at radius 2 is 2.17 bits per heavy atom. The van der Waals surface area contributed by atoms with Crippen molar-refractivity contribution in [2.75, 3.05) is 0 Å². The average Bonchev–Trinajstić information content (AvgIpc) is 2.97. The summed E-state index contributed by atoms with van der Waals surface area (Å²) < 4.78 is 1.99. The van der Waals surface area contributed by atoms with Gasteiger partial charge < -0.3 is 0 Å². The van der Waals surface area contributed by atoms with Gasteiger partial charge in [-0.15, -0.1) is 11.3 Å². The van der Waals surface area contributed by atoms with E-state index < -0.39 is 0 Å². The number of halogens is 1. The largest absolute Gasteiger partial charge is 0.272 e. The van der Waals surface area contributed by atoms with Gasteiger partial charge in [0, 0.05) is 5.02 Å². The summed E-state index contributed by atoms with van der Waals surface area (Å²) >= 11 is 8.91. The van der Waals surface area contributed by atoms with E-state index in [1.807, 2.05) is 43.3 Å². The Labute approximate surface area is 152 Å². The third-order valence-electron chi connectivity index (χ3n) is 3.16. The van der Waals surface area contributed by atoms with Gasteiger partial charge in [0.1, 0.15) is 0 Å². The van der Waals surface area contributed by atoms with Crippen LogP contribution in [0.3, 0.4) is 0 Å². The molecule has 1 aromatic heterocycles. The van der Waals surface area contributed by atoms with Crippen molar-refractivity contribution in [1.82, 2.24) is 10.4 Å². The summed E-state index contributed by atoms with van der Waals surface area (Å²) in [4.78, 5) is 16.6. The van der Waals surface area contributed by atoms with Gasteiger partial charge in [-0.3, -0.25) is 4.79 Å². The predicted octanol–water partition coefficient (Wildman–Crippen LogP) is 4.58. The Morgan fingerprint density at radius 1 is 1.33 bits per heavy atom. The number of nitrogens with one attached hydrogen (secondary N) is 1. The normalized spacial score (nSPS) is 12.6. The molecular weight excluding hydrogens is 362 g/mol. The molecule has 1 amide bonds. The summed E-state index contributed by atoms with van der Waals surface area (Å²) in [6.45, 7) is 1.83. The number of amides is 1. The second kappa shape index (κ2) is 7.79. The number of thioether (sulfide) groups is 1. The zero-order valence-corrected chi connectivity index (χ0v) is 15.2. The summed E-state index contributed by atoms with van der Waals surface area (Å²) in [5, 5.41) is 4.31. The minimum absolute atomic E-state index is 0.169. The summed E-state index contributed by atoms with van der Waals surface area (Å²) in [5.74, 6) is -0.169. The van der Waals surface area contributed by atoms with Gasteiger partial charge in [0.05, 0.1) is 21.7 Å². The maximum atomic E-state index is 12.1. The molecule has 0 aliphatic carbocycles. The number of carbonyl (C=O) groups is 1. The third kappa shape index (κ3) is 4.35. The van der Waals surface area contributed by atoms with Crippen molar-refractivity contribution in [3.63, 3.8) is 0 Å².